The number of nitrogens with zero attached hydrogens (tertiary/aromatic N) is 6. The van der Waals surface area contributed by atoms with E-state index in [9.17, 15) is 0 Å². The molecule has 0 amide bonds. The van der Waals surface area contributed by atoms with Crippen molar-refractivity contribution in [1.82, 2.24) is 25.1 Å². The quantitative estimate of drug-likeness (QED) is 0.825. The second kappa shape index (κ2) is 6.19. The van der Waals surface area contributed by atoms with Crippen LogP contribution in [0.1, 0.15) is 0 Å². The number of aromatic nitrogens is 4. The van der Waals surface area contributed by atoms with E-state index in [1.54, 1.807) is 4.80 Å². The number of benzene rings is 1. The Kier molecular flexibility index (Phi) is 4.12. The van der Waals surface area contributed by atoms with Gasteiger partial charge in [0.2, 0.25) is 5.82 Å². The number of anilines is 1. The van der Waals surface area contributed by atoms with Crippen LogP contribution in [-0.4, -0.2) is 65.5 Å². The van der Waals surface area contributed by atoms with E-state index in [1.165, 1.54) is 0 Å². The Hall–Kier alpha value is -1.99. The number of hydrogen-bond donors (Lipinski definition) is 0. The van der Waals surface area contributed by atoms with Crippen molar-refractivity contribution in [3.05, 3.63) is 24.3 Å². The van der Waals surface area contributed by atoms with E-state index in [4.69, 9.17) is 4.74 Å². The molecule has 7 nitrogen and oxygen atoms in total. The van der Waals surface area contributed by atoms with Gasteiger partial charge in [-0.15, -0.1) is 15.0 Å². The fraction of sp³-hybridized carbons (Fsp3) is 0.500. The first-order chi connectivity index (χ1) is 10.2. The van der Waals surface area contributed by atoms with Crippen molar-refractivity contribution >= 4 is 5.69 Å². The average molecular weight is 288 g/mol. The first kappa shape index (κ1) is 14.0. The zero-order valence-electron chi connectivity index (χ0n) is 12.4. The van der Waals surface area contributed by atoms with Gasteiger partial charge in [0.25, 0.3) is 0 Å². The summed E-state index contributed by atoms with van der Waals surface area (Å²) < 4.78 is 5.33. The van der Waals surface area contributed by atoms with Crippen molar-refractivity contribution in [1.29, 1.82) is 0 Å². The highest BCUT2D eigenvalue weighted by Crippen LogP contribution is 2.18. The van der Waals surface area contributed by atoms with Gasteiger partial charge in [-0.05, 0) is 29.5 Å². The summed E-state index contributed by atoms with van der Waals surface area (Å²) in [6.45, 7) is 4.02. The topological polar surface area (TPSA) is 59.3 Å². The Labute approximate surface area is 124 Å². The van der Waals surface area contributed by atoms with E-state index < -0.39 is 0 Å². The Bertz CT molecular complexity index is 573. The zero-order valence-corrected chi connectivity index (χ0v) is 12.4. The highest BCUT2D eigenvalue weighted by Gasteiger charge is 2.13. The monoisotopic (exact) mass is 288 g/mol. The summed E-state index contributed by atoms with van der Waals surface area (Å²) in [6, 6.07) is 8.15. The molecule has 1 saturated heterocycles. The van der Waals surface area contributed by atoms with Crippen molar-refractivity contribution in [2.75, 3.05) is 45.3 Å². The molecule has 0 bridgehead atoms. The molecule has 112 valence electrons. The van der Waals surface area contributed by atoms with Crippen LogP contribution < -0.4 is 4.90 Å². The summed E-state index contributed by atoms with van der Waals surface area (Å²) in [6.07, 6.45) is 0. The molecule has 0 unspecified atom stereocenters. The first-order valence-electron chi connectivity index (χ1n) is 7.08. The third-order valence-corrected chi connectivity index (χ3v) is 3.52. The maximum atomic E-state index is 5.33. The van der Waals surface area contributed by atoms with Crippen molar-refractivity contribution in [2.24, 2.45) is 0 Å². The number of rotatable bonds is 4. The van der Waals surface area contributed by atoms with Crippen LogP contribution in [0.3, 0.4) is 0 Å². The lowest BCUT2D eigenvalue weighted by molar-refractivity contribution is 0.0184. The fourth-order valence-electron chi connectivity index (χ4n) is 2.25. The molecule has 2 heterocycles. The van der Waals surface area contributed by atoms with Crippen LogP contribution in [0, 0.1) is 0 Å². The molecule has 1 fully saturated rings. The lowest BCUT2D eigenvalue weighted by atomic mass is 10.2. The van der Waals surface area contributed by atoms with Crippen LogP contribution in [0.5, 0.6) is 0 Å². The summed E-state index contributed by atoms with van der Waals surface area (Å²) in [4.78, 5) is 5.96. The summed E-state index contributed by atoms with van der Waals surface area (Å²) in [5.41, 5.74) is 2.13. The number of hydrogen-bond acceptors (Lipinski definition) is 6. The van der Waals surface area contributed by atoms with Gasteiger partial charge in [0, 0.05) is 38.4 Å². The molecule has 0 spiro atoms. The normalized spacial score (nSPS) is 16.1. The van der Waals surface area contributed by atoms with Crippen LogP contribution in [0.25, 0.3) is 11.4 Å². The van der Waals surface area contributed by atoms with Crippen LogP contribution >= 0.6 is 0 Å². The van der Waals surface area contributed by atoms with Gasteiger partial charge in [0.05, 0.1) is 13.2 Å². The van der Waals surface area contributed by atoms with E-state index in [1.807, 2.05) is 26.2 Å². The second-order valence-electron chi connectivity index (χ2n) is 5.30. The predicted octanol–water partition coefficient (Wildman–Crippen LogP) is 0.696. The van der Waals surface area contributed by atoms with Crippen LogP contribution in [-0.2, 0) is 11.4 Å². The molecule has 2 aromatic rings. The van der Waals surface area contributed by atoms with Gasteiger partial charge < -0.3 is 9.64 Å². The van der Waals surface area contributed by atoms with Crippen LogP contribution in [0.4, 0.5) is 5.69 Å². The van der Waals surface area contributed by atoms with Gasteiger partial charge in [-0.1, -0.05) is 0 Å². The molecule has 0 radical (unpaired) electrons. The molecular weight excluding hydrogens is 268 g/mol. The van der Waals surface area contributed by atoms with Crippen LogP contribution in [0.2, 0.25) is 0 Å². The van der Waals surface area contributed by atoms with E-state index in [0.717, 1.165) is 37.6 Å². The number of ether oxygens (including phenoxy) is 1. The first-order valence-corrected chi connectivity index (χ1v) is 7.08. The molecular formula is C14H20N6O. The number of tetrazole rings is 1. The molecule has 0 aliphatic carbocycles. The molecule has 0 atom stereocenters. The Balaban J connectivity index is 1.69. The maximum absolute atomic E-state index is 5.33. The molecule has 1 aromatic heterocycles. The Morgan fingerprint density at radius 3 is 2.52 bits per heavy atom. The minimum atomic E-state index is 0.659. The summed E-state index contributed by atoms with van der Waals surface area (Å²) >= 11 is 0. The Morgan fingerprint density at radius 1 is 1.14 bits per heavy atom. The molecule has 3 rings (SSSR count). The smallest absolute Gasteiger partial charge is 0.204 e. The molecule has 7 heteroatoms. The van der Waals surface area contributed by atoms with Crippen molar-refractivity contribution in [3.8, 4) is 11.4 Å². The minimum Gasteiger partial charge on any atom is -0.379 e. The molecule has 1 aliphatic rings. The van der Waals surface area contributed by atoms with Crippen molar-refractivity contribution in [2.45, 2.75) is 6.67 Å². The summed E-state index contributed by atoms with van der Waals surface area (Å²) in [5.74, 6) is 0.661. The van der Waals surface area contributed by atoms with E-state index in [2.05, 4.69) is 37.3 Å². The standard InChI is InChI=1S/C14H20N6O/c1-18(2)13-5-3-12(4-6-13)14-15-17-20(16-14)11-19-7-9-21-10-8-19/h3-6H,7-11H2,1-2H3. The van der Waals surface area contributed by atoms with E-state index >= 15 is 0 Å². The summed E-state index contributed by atoms with van der Waals surface area (Å²) in [5, 5.41) is 12.7. The predicted molar refractivity (Wildman–Crippen MR) is 80.0 cm³/mol. The van der Waals surface area contributed by atoms with Gasteiger partial charge >= 0.3 is 0 Å². The zero-order chi connectivity index (χ0) is 14.7. The Morgan fingerprint density at radius 2 is 1.86 bits per heavy atom. The largest absolute Gasteiger partial charge is 0.379 e. The van der Waals surface area contributed by atoms with Gasteiger partial charge in [0.1, 0.15) is 6.67 Å². The minimum absolute atomic E-state index is 0.659. The van der Waals surface area contributed by atoms with Crippen molar-refractivity contribution < 1.29 is 4.74 Å². The van der Waals surface area contributed by atoms with Gasteiger partial charge in [-0.2, -0.15) is 0 Å². The van der Waals surface area contributed by atoms with E-state index in [-0.39, 0.29) is 0 Å². The molecule has 1 aliphatic heterocycles. The molecule has 21 heavy (non-hydrogen) atoms. The third-order valence-electron chi connectivity index (χ3n) is 3.52. The molecule has 0 saturated carbocycles. The molecule has 0 N–H and O–H groups in total. The maximum Gasteiger partial charge on any atom is 0.204 e. The third kappa shape index (κ3) is 3.37. The highest BCUT2D eigenvalue weighted by atomic mass is 16.5. The van der Waals surface area contributed by atoms with Crippen LogP contribution in [0.15, 0.2) is 24.3 Å². The summed E-state index contributed by atoms with van der Waals surface area (Å²) in [7, 11) is 4.04. The highest BCUT2D eigenvalue weighted by molar-refractivity contribution is 5.59. The SMILES string of the molecule is CN(C)c1ccc(-c2nnn(CN3CCOCC3)n2)cc1. The van der Waals surface area contributed by atoms with Crippen molar-refractivity contribution in [3.63, 3.8) is 0 Å². The van der Waals surface area contributed by atoms with Gasteiger partial charge in [-0.3, -0.25) is 4.90 Å². The second-order valence-corrected chi connectivity index (χ2v) is 5.30. The van der Waals surface area contributed by atoms with Gasteiger partial charge in [-0.25, -0.2) is 0 Å². The fourth-order valence-corrected chi connectivity index (χ4v) is 2.25. The average Bonchev–Trinajstić information content (AvgIpc) is 2.97. The van der Waals surface area contributed by atoms with Gasteiger partial charge in [0.15, 0.2) is 0 Å². The lowest BCUT2D eigenvalue weighted by Gasteiger charge is -2.25. The lowest BCUT2D eigenvalue weighted by Crippen LogP contribution is -2.38. The number of morpholine rings is 1. The molecule has 1 aromatic carbocycles. The van der Waals surface area contributed by atoms with E-state index in [0.29, 0.717) is 12.5 Å².